The zero-order valence-electron chi connectivity index (χ0n) is 18.7. The molecule has 0 spiro atoms. The predicted molar refractivity (Wildman–Crippen MR) is 124 cm³/mol. The van der Waals surface area contributed by atoms with Crippen LogP contribution in [0.25, 0.3) is 44.9 Å². The molecular formula is C25H21FN6O. The third-order valence-electron chi connectivity index (χ3n) is 5.53. The first-order chi connectivity index (χ1) is 15.9. The minimum Gasteiger partial charge on any atom is -0.497 e. The lowest BCUT2D eigenvalue weighted by Gasteiger charge is -2.11. The van der Waals surface area contributed by atoms with Crippen molar-refractivity contribution in [1.29, 1.82) is 0 Å². The van der Waals surface area contributed by atoms with Crippen molar-refractivity contribution in [2.24, 2.45) is 7.05 Å². The molecule has 0 saturated heterocycles. The van der Waals surface area contributed by atoms with Gasteiger partial charge in [-0.25, -0.2) is 24.3 Å². The second-order valence-corrected chi connectivity index (χ2v) is 7.79. The van der Waals surface area contributed by atoms with E-state index in [1.54, 1.807) is 23.0 Å². The molecule has 7 nitrogen and oxygen atoms in total. The second kappa shape index (κ2) is 8.05. The molecule has 5 aromatic rings. The molecule has 0 radical (unpaired) electrons. The van der Waals surface area contributed by atoms with Gasteiger partial charge in [-0.05, 0) is 37.6 Å². The Morgan fingerprint density at radius 3 is 2.39 bits per heavy atom. The monoisotopic (exact) mass is 440 g/mol. The number of benzene rings is 2. The van der Waals surface area contributed by atoms with Crippen molar-refractivity contribution in [2.75, 3.05) is 7.11 Å². The number of hydrogen-bond acceptors (Lipinski definition) is 6. The molecule has 3 heterocycles. The van der Waals surface area contributed by atoms with Gasteiger partial charge in [0.25, 0.3) is 0 Å². The van der Waals surface area contributed by atoms with E-state index in [0.717, 1.165) is 28.1 Å². The molecule has 33 heavy (non-hydrogen) atoms. The van der Waals surface area contributed by atoms with E-state index in [4.69, 9.17) is 9.72 Å². The summed E-state index contributed by atoms with van der Waals surface area (Å²) in [6.45, 7) is 3.74. The van der Waals surface area contributed by atoms with Crippen molar-refractivity contribution in [3.05, 3.63) is 72.1 Å². The molecule has 0 bridgehead atoms. The number of hydrogen-bond donors (Lipinski definition) is 0. The topological polar surface area (TPSA) is 78.6 Å². The van der Waals surface area contributed by atoms with Crippen LogP contribution in [0.4, 0.5) is 4.39 Å². The van der Waals surface area contributed by atoms with Crippen molar-refractivity contribution >= 4 is 11.2 Å². The van der Waals surface area contributed by atoms with E-state index in [1.807, 2.05) is 51.4 Å². The Balaban J connectivity index is 1.74. The maximum Gasteiger partial charge on any atom is 0.182 e. The predicted octanol–water partition coefficient (Wildman–Crippen LogP) is 4.92. The highest BCUT2D eigenvalue weighted by Gasteiger charge is 2.18. The molecule has 8 heteroatoms. The van der Waals surface area contributed by atoms with E-state index in [-0.39, 0.29) is 0 Å². The van der Waals surface area contributed by atoms with E-state index in [0.29, 0.717) is 34.0 Å². The summed E-state index contributed by atoms with van der Waals surface area (Å²) < 4.78 is 22.0. The number of ether oxygens (including phenoxy) is 1. The van der Waals surface area contributed by atoms with Crippen LogP contribution >= 0.6 is 0 Å². The molecule has 0 unspecified atom stereocenters. The van der Waals surface area contributed by atoms with Crippen molar-refractivity contribution < 1.29 is 9.13 Å². The van der Waals surface area contributed by atoms with Crippen LogP contribution in [0.5, 0.6) is 5.75 Å². The number of rotatable bonds is 4. The summed E-state index contributed by atoms with van der Waals surface area (Å²) in [6.07, 6.45) is 3.74. The summed E-state index contributed by atoms with van der Waals surface area (Å²) in [5.74, 6) is 0.414. The average molecular weight is 440 g/mol. The summed E-state index contributed by atoms with van der Waals surface area (Å²) >= 11 is 0. The third-order valence-corrected chi connectivity index (χ3v) is 5.53. The third kappa shape index (κ3) is 3.80. The van der Waals surface area contributed by atoms with Crippen LogP contribution in [0.2, 0.25) is 0 Å². The minimum atomic E-state index is -0.454. The summed E-state index contributed by atoms with van der Waals surface area (Å²) in [5, 5.41) is 4.25. The van der Waals surface area contributed by atoms with Crippen molar-refractivity contribution in [1.82, 2.24) is 29.7 Å². The SMILES string of the molecule is COc1ccc(-c2nc(-c3cccc(-c4cnn(C)c4)c3)nc3nc(C)c(C)nc23)c(F)c1. The zero-order chi connectivity index (χ0) is 23.1. The molecule has 0 aliphatic heterocycles. The van der Waals surface area contributed by atoms with Gasteiger partial charge in [0.2, 0.25) is 0 Å². The standard InChI is InChI=1S/C25H21FN6O/c1-14-15(2)29-25-23(28-14)22(20-9-8-19(33-4)11-21(20)26)30-24(31-25)17-7-5-6-16(10-17)18-12-27-32(3)13-18/h5-13H,1-4H3. The van der Waals surface area contributed by atoms with E-state index in [1.165, 1.54) is 13.2 Å². The van der Waals surface area contributed by atoms with Gasteiger partial charge in [-0.2, -0.15) is 5.10 Å². The van der Waals surface area contributed by atoms with Gasteiger partial charge in [0.05, 0.1) is 24.7 Å². The van der Waals surface area contributed by atoms with Crippen molar-refractivity contribution in [3.63, 3.8) is 0 Å². The highest BCUT2D eigenvalue weighted by Crippen LogP contribution is 2.32. The summed E-state index contributed by atoms with van der Waals surface area (Å²) in [7, 11) is 3.37. The van der Waals surface area contributed by atoms with Crippen LogP contribution in [-0.4, -0.2) is 36.8 Å². The first-order valence-electron chi connectivity index (χ1n) is 10.4. The summed E-state index contributed by atoms with van der Waals surface area (Å²) in [4.78, 5) is 18.7. The van der Waals surface area contributed by atoms with E-state index in [2.05, 4.69) is 20.1 Å². The van der Waals surface area contributed by atoms with Gasteiger partial charge < -0.3 is 4.74 Å². The van der Waals surface area contributed by atoms with Crippen LogP contribution in [0.1, 0.15) is 11.4 Å². The molecule has 0 saturated carbocycles. The lowest BCUT2D eigenvalue weighted by Crippen LogP contribution is -2.03. The van der Waals surface area contributed by atoms with Gasteiger partial charge in [0, 0.05) is 36.0 Å². The molecule has 3 aromatic heterocycles. The Morgan fingerprint density at radius 1 is 0.879 bits per heavy atom. The van der Waals surface area contributed by atoms with Crippen molar-refractivity contribution in [2.45, 2.75) is 13.8 Å². The fourth-order valence-electron chi connectivity index (χ4n) is 3.65. The van der Waals surface area contributed by atoms with Gasteiger partial charge in [-0.3, -0.25) is 4.68 Å². The van der Waals surface area contributed by atoms with Crippen LogP contribution in [-0.2, 0) is 7.05 Å². The Morgan fingerprint density at radius 2 is 1.67 bits per heavy atom. The molecule has 0 atom stereocenters. The maximum atomic E-state index is 15.1. The van der Waals surface area contributed by atoms with Crippen molar-refractivity contribution in [3.8, 4) is 39.5 Å². The Labute approximate surface area is 190 Å². The summed E-state index contributed by atoms with van der Waals surface area (Å²) in [5.41, 5.74) is 5.82. The zero-order valence-corrected chi connectivity index (χ0v) is 18.7. The second-order valence-electron chi connectivity index (χ2n) is 7.79. The molecule has 0 amide bonds. The van der Waals surface area contributed by atoms with Crippen LogP contribution in [0, 0.1) is 19.7 Å². The van der Waals surface area contributed by atoms with Crippen LogP contribution < -0.4 is 4.74 Å². The van der Waals surface area contributed by atoms with Gasteiger partial charge in [-0.15, -0.1) is 0 Å². The number of aryl methyl sites for hydroxylation is 3. The average Bonchev–Trinajstić information content (AvgIpc) is 3.26. The number of fused-ring (bicyclic) bond motifs is 1. The quantitative estimate of drug-likeness (QED) is 0.395. The van der Waals surface area contributed by atoms with E-state index in [9.17, 15) is 0 Å². The molecule has 5 rings (SSSR count). The van der Waals surface area contributed by atoms with Gasteiger partial charge >= 0.3 is 0 Å². The fraction of sp³-hybridized carbons (Fsp3) is 0.160. The van der Waals surface area contributed by atoms with Gasteiger partial charge in [-0.1, -0.05) is 18.2 Å². The Kier molecular flexibility index (Phi) is 5.05. The number of halogens is 1. The van der Waals surface area contributed by atoms with Crippen LogP contribution in [0.15, 0.2) is 54.9 Å². The van der Waals surface area contributed by atoms with E-state index < -0.39 is 5.82 Å². The normalized spacial score (nSPS) is 11.2. The highest BCUT2D eigenvalue weighted by atomic mass is 19.1. The van der Waals surface area contributed by atoms with Gasteiger partial charge in [0.15, 0.2) is 11.5 Å². The maximum absolute atomic E-state index is 15.1. The van der Waals surface area contributed by atoms with E-state index >= 15 is 4.39 Å². The molecule has 0 aliphatic carbocycles. The Bertz CT molecular complexity index is 1510. The number of aromatic nitrogens is 6. The fourth-order valence-corrected chi connectivity index (χ4v) is 3.65. The molecule has 2 aromatic carbocycles. The number of nitrogens with zero attached hydrogens (tertiary/aromatic N) is 6. The summed E-state index contributed by atoms with van der Waals surface area (Å²) in [6, 6.07) is 12.5. The molecule has 0 aliphatic rings. The molecule has 0 N–H and O–H groups in total. The first-order valence-corrected chi connectivity index (χ1v) is 10.4. The lowest BCUT2D eigenvalue weighted by atomic mass is 10.0. The molecule has 0 fully saturated rings. The Hall–Kier alpha value is -4.20. The highest BCUT2D eigenvalue weighted by molar-refractivity contribution is 5.89. The van der Waals surface area contributed by atoms with Crippen LogP contribution in [0.3, 0.4) is 0 Å². The van der Waals surface area contributed by atoms with Gasteiger partial charge in [0.1, 0.15) is 22.8 Å². The first kappa shape index (κ1) is 20.7. The number of methoxy groups -OCH3 is 1. The smallest absolute Gasteiger partial charge is 0.182 e. The molecule has 164 valence electrons. The minimum absolute atomic E-state index is 0.311. The molecular weight excluding hydrogens is 419 g/mol. The lowest BCUT2D eigenvalue weighted by molar-refractivity contribution is 0.411. The largest absolute Gasteiger partial charge is 0.497 e.